The Morgan fingerprint density at radius 1 is 0.852 bits per heavy atom. The minimum Gasteiger partial charge on any atom is -0.404 e. The van der Waals surface area contributed by atoms with E-state index in [4.69, 9.17) is 34.6 Å². The lowest BCUT2D eigenvalue weighted by Gasteiger charge is -2.30. The van der Waals surface area contributed by atoms with E-state index in [1.165, 1.54) is 0 Å². The zero-order valence-corrected chi connectivity index (χ0v) is 17.9. The predicted octanol–water partition coefficient (Wildman–Crippen LogP) is 2.46. The standard InChI is InChI=1S/C14H23O4P.C4H11NO3/c1-13(2,3)17-19(15,18-14(4,5)6)16-12-10-8-7-9-11-12;5-4(1-6,2-7)3-8/h7-11H,1-6H3;6-8H,1-3,5H2. The highest BCUT2D eigenvalue weighted by atomic mass is 31.2. The molecule has 0 bridgehead atoms. The third-order valence-electron chi connectivity index (χ3n) is 2.68. The number of para-hydroxylation sites is 1. The summed E-state index contributed by atoms with van der Waals surface area (Å²) in [4.78, 5) is 0. The number of aliphatic hydroxyl groups excluding tert-OH is 3. The molecule has 0 aliphatic carbocycles. The fourth-order valence-corrected chi connectivity index (χ4v) is 3.32. The highest BCUT2D eigenvalue weighted by molar-refractivity contribution is 7.49. The maximum absolute atomic E-state index is 12.7. The van der Waals surface area contributed by atoms with Crippen LogP contribution in [0.1, 0.15) is 41.5 Å². The highest BCUT2D eigenvalue weighted by Gasteiger charge is 2.38. The van der Waals surface area contributed by atoms with Crippen molar-refractivity contribution in [1.29, 1.82) is 0 Å². The van der Waals surface area contributed by atoms with Gasteiger partial charge in [-0.05, 0) is 53.7 Å². The van der Waals surface area contributed by atoms with Crippen molar-refractivity contribution in [3.05, 3.63) is 30.3 Å². The van der Waals surface area contributed by atoms with Gasteiger partial charge >= 0.3 is 7.82 Å². The van der Waals surface area contributed by atoms with E-state index in [-0.39, 0.29) is 0 Å². The topological polar surface area (TPSA) is 131 Å². The molecule has 9 heteroatoms. The monoisotopic (exact) mass is 407 g/mol. The minimum atomic E-state index is -3.68. The molecular formula is C18H34NO7P. The summed E-state index contributed by atoms with van der Waals surface area (Å²) in [6.07, 6.45) is 0. The Balaban J connectivity index is 0.000000713. The molecule has 0 unspecified atom stereocenters. The third-order valence-corrected chi connectivity index (χ3v) is 4.65. The van der Waals surface area contributed by atoms with Crippen LogP contribution in [0.25, 0.3) is 0 Å². The van der Waals surface area contributed by atoms with Gasteiger partial charge in [0.05, 0.1) is 36.6 Å². The van der Waals surface area contributed by atoms with Crippen molar-refractivity contribution < 1.29 is 33.5 Å². The predicted molar refractivity (Wildman–Crippen MR) is 105 cm³/mol. The lowest BCUT2D eigenvalue weighted by Crippen LogP contribution is -2.50. The molecule has 0 spiro atoms. The average molecular weight is 407 g/mol. The molecule has 27 heavy (non-hydrogen) atoms. The molecule has 0 aliphatic rings. The summed E-state index contributed by atoms with van der Waals surface area (Å²) in [5, 5.41) is 25.0. The van der Waals surface area contributed by atoms with Crippen LogP contribution in [-0.4, -0.2) is 51.9 Å². The largest absolute Gasteiger partial charge is 0.531 e. The van der Waals surface area contributed by atoms with Crippen LogP contribution >= 0.6 is 7.82 Å². The normalized spacial score (nSPS) is 13.0. The van der Waals surface area contributed by atoms with E-state index in [9.17, 15) is 4.57 Å². The molecule has 0 fully saturated rings. The molecule has 5 N–H and O–H groups in total. The second-order valence-corrected chi connectivity index (χ2v) is 9.54. The Morgan fingerprint density at radius 3 is 1.48 bits per heavy atom. The lowest BCUT2D eigenvalue weighted by molar-refractivity contribution is 0.0224. The molecule has 0 radical (unpaired) electrons. The summed E-state index contributed by atoms with van der Waals surface area (Å²) in [7, 11) is -3.68. The van der Waals surface area contributed by atoms with E-state index < -0.39 is 44.4 Å². The Hall–Kier alpha value is -0.990. The molecule has 0 heterocycles. The van der Waals surface area contributed by atoms with Gasteiger partial charge in [0.15, 0.2) is 0 Å². The first-order chi connectivity index (χ1) is 12.2. The number of aliphatic hydroxyl groups is 3. The molecular weight excluding hydrogens is 373 g/mol. The van der Waals surface area contributed by atoms with E-state index >= 15 is 0 Å². The maximum atomic E-state index is 12.7. The average Bonchev–Trinajstić information content (AvgIpc) is 2.51. The number of phosphoric ester groups is 1. The number of hydrogen-bond acceptors (Lipinski definition) is 8. The van der Waals surface area contributed by atoms with Crippen molar-refractivity contribution in [2.75, 3.05) is 19.8 Å². The highest BCUT2D eigenvalue weighted by Crippen LogP contribution is 2.55. The van der Waals surface area contributed by atoms with Gasteiger partial charge in [0.25, 0.3) is 0 Å². The number of rotatable bonds is 7. The molecule has 0 saturated carbocycles. The molecule has 158 valence electrons. The Labute approximate surface area is 161 Å². The molecule has 1 aromatic rings. The molecule has 0 aliphatic heterocycles. The van der Waals surface area contributed by atoms with E-state index in [0.717, 1.165) is 0 Å². The molecule has 8 nitrogen and oxygen atoms in total. The zero-order valence-electron chi connectivity index (χ0n) is 17.0. The summed E-state index contributed by atoms with van der Waals surface area (Å²) in [5.41, 5.74) is 2.68. The third kappa shape index (κ3) is 12.2. The van der Waals surface area contributed by atoms with Crippen molar-refractivity contribution in [3.8, 4) is 5.75 Å². The van der Waals surface area contributed by atoms with Gasteiger partial charge < -0.3 is 25.6 Å². The molecule has 0 saturated heterocycles. The number of benzene rings is 1. The van der Waals surface area contributed by atoms with Crippen LogP contribution in [0.2, 0.25) is 0 Å². The van der Waals surface area contributed by atoms with Crippen LogP contribution in [0.15, 0.2) is 30.3 Å². The van der Waals surface area contributed by atoms with Gasteiger partial charge in [-0.3, -0.25) is 9.05 Å². The Kier molecular flexibility index (Phi) is 10.1. The molecule has 0 aromatic heterocycles. The van der Waals surface area contributed by atoms with Gasteiger partial charge in [-0.2, -0.15) is 0 Å². The molecule has 1 rings (SSSR count). The smallest absolute Gasteiger partial charge is 0.404 e. The van der Waals surface area contributed by atoms with Gasteiger partial charge in [0, 0.05) is 0 Å². The van der Waals surface area contributed by atoms with Crippen molar-refractivity contribution >= 4 is 7.82 Å². The molecule has 0 atom stereocenters. The van der Waals surface area contributed by atoms with Gasteiger partial charge in [-0.15, -0.1) is 0 Å². The van der Waals surface area contributed by atoms with E-state index in [0.29, 0.717) is 5.75 Å². The van der Waals surface area contributed by atoms with Crippen LogP contribution in [0.4, 0.5) is 0 Å². The van der Waals surface area contributed by atoms with Crippen LogP contribution in [0.3, 0.4) is 0 Å². The van der Waals surface area contributed by atoms with Crippen LogP contribution < -0.4 is 10.3 Å². The zero-order chi connectivity index (χ0) is 21.4. The van der Waals surface area contributed by atoms with Crippen molar-refractivity contribution in [2.24, 2.45) is 5.73 Å². The van der Waals surface area contributed by atoms with Crippen molar-refractivity contribution in [2.45, 2.75) is 58.3 Å². The van der Waals surface area contributed by atoms with Crippen LogP contribution in [-0.2, 0) is 13.6 Å². The number of hydrogen-bond donors (Lipinski definition) is 4. The van der Waals surface area contributed by atoms with Crippen LogP contribution in [0, 0.1) is 0 Å². The Morgan fingerprint density at radius 2 is 1.22 bits per heavy atom. The first-order valence-electron chi connectivity index (χ1n) is 8.55. The van der Waals surface area contributed by atoms with Crippen LogP contribution in [0.5, 0.6) is 5.75 Å². The van der Waals surface area contributed by atoms with Gasteiger partial charge in [0.2, 0.25) is 0 Å². The summed E-state index contributed by atoms with van der Waals surface area (Å²) < 4.78 is 29.2. The van der Waals surface area contributed by atoms with Gasteiger partial charge in [-0.1, -0.05) is 18.2 Å². The van der Waals surface area contributed by atoms with E-state index in [1.54, 1.807) is 65.8 Å². The van der Waals surface area contributed by atoms with Gasteiger partial charge in [-0.25, -0.2) is 4.57 Å². The minimum absolute atomic E-state index is 0.403. The van der Waals surface area contributed by atoms with Crippen molar-refractivity contribution in [1.82, 2.24) is 0 Å². The molecule has 1 aromatic carbocycles. The quantitative estimate of drug-likeness (QED) is 0.507. The van der Waals surface area contributed by atoms with Gasteiger partial charge in [0.1, 0.15) is 5.75 Å². The van der Waals surface area contributed by atoms with E-state index in [1.807, 2.05) is 6.07 Å². The SMILES string of the molecule is CC(C)(C)OP(=O)(Oc1ccccc1)OC(C)(C)C.NC(CO)(CO)CO. The number of phosphoric acid groups is 1. The number of nitrogens with two attached hydrogens (primary N) is 1. The first kappa shape index (κ1) is 26.0. The maximum Gasteiger partial charge on any atom is 0.531 e. The summed E-state index contributed by atoms with van der Waals surface area (Å²) in [5.74, 6) is 0.458. The summed E-state index contributed by atoms with van der Waals surface area (Å²) >= 11 is 0. The second kappa shape index (κ2) is 10.5. The van der Waals surface area contributed by atoms with Crippen molar-refractivity contribution in [3.63, 3.8) is 0 Å². The molecule has 0 amide bonds. The Bertz CT molecular complexity index is 549. The fourth-order valence-electron chi connectivity index (χ4n) is 1.49. The first-order valence-corrected chi connectivity index (χ1v) is 10.0. The second-order valence-electron chi connectivity index (χ2n) is 8.10. The van der Waals surface area contributed by atoms with E-state index in [2.05, 4.69) is 0 Å². The summed E-state index contributed by atoms with van der Waals surface area (Å²) in [6.45, 7) is 9.63. The fraction of sp³-hybridized carbons (Fsp3) is 0.667. The summed E-state index contributed by atoms with van der Waals surface area (Å²) in [6, 6.07) is 8.88. The lowest BCUT2D eigenvalue weighted by atomic mass is 10.1.